The number of pyridine rings is 1. The summed E-state index contributed by atoms with van der Waals surface area (Å²) in [5.41, 5.74) is 7.42. The van der Waals surface area contributed by atoms with Gasteiger partial charge >= 0.3 is 0 Å². The predicted molar refractivity (Wildman–Crippen MR) is 85.7 cm³/mol. The number of fused-ring (bicyclic) bond motifs is 1. The fourth-order valence-electron chi connectivity index (χ4n) is 3.40. The first-order chi connectivity index (χ1) is 10.1. The zero-order valence-corrected chi connectivity index (χ0v) is 12.4. The molecule has 112 valence electrons. The highest BCUT2D eigenvalue weighted by molar-refractivity contribution is 5.98. The molecule has 3 N–H and O–H groups in total. The fourth-order valence-corrected chi connectivity index (χ4v) is 3.40. The number of hydrogen-bond acceptors (Lipinski definition) is 3. The highest BCUT2D eigenvalue weighted by Crippen LogP contribution is 2.32. The number of nitrogens with zero attached hydrogens (tertiary/aromatic N) is 1. The summed E-state index contributed by atoms with van der Waals surface area (Å²) < 4.78 is 14.2. The molecule has 0 saturated heterocycles. The van der Waals surface area contributed by atoms with Crippen LogP contribution >= 0.6 is 0 Å². The van der Waals surface area contributed by atoms with Gasteiger partial charge in [-0.3, -0.25) is 4.98 Å². The van der Waals surface area contributed by atoms with Crippen LogP contribution in [0.5, 0.6) is 0 Å². The maximum absolute atomic E-state index is 14.2. The lowest BCUT2D eigenvalue weighted by Gasteiger charge is -2.27. The van der Waals surface area contributed by atoms with Gasteiger partial charge in [0.15, 0.2) is 5.82 Å². The Morgan fingerprint density at radius 1 is 1.43 bits per heavy atom. The summed E-state index contributed by atoms with van der Waals surface area (Å²) in [5.74, 6) is 1.07. The first kappa shape index (κ1) is 14.1. The standard InChI is InChI=1S/C17H22FN3/c1-11-4-2-5-12(8-11)10-21-17-14(18)9-15(19)13-6-3-7-20-16(13)17/h3,6-7,9,11-12,21H,2,4-5,8,10,19H2,1H3. The van der Waals surface area contributed by atoms with E-state index in [1.165, 1.54) is 31.7 Å². The van der Waals surface area contributed by atoms with Crippen LogP contribution in [0.1, 0.15) is 32.6 Å². The number of hydrogen-bond donors (Lipinski definition) is 2. The second kappa shape index (κ2) is 5.88. The molecule has 1 aliphatic carbocycles. The van der Waals surface area contributed by atoms with E-state index in [0.717, 1.165) is 17.8 Å². The fraction of sp³-hybridized carbons (Fsp3) is 0.471. The Bertz CT molecular complexity index is 641. The van der Waals surface area contributed by atoms with E-state index in [1.54, 1.807) is 6.20 Å². The molecule has 4 heteroatoms. The molecule has 2 unspecified atom stereocenters. The van der Waals surface area contributed by atoms with E-state index in [2.05, 4.69) is 17.2 Å². The van der Waals surface area contributed by atoms with Gasteiger partial charge in [0.2, 0.25) is 0 Å². The Kier molecular flexibility index (Phi) is 3.95. The van der Waals surface area contributed by atoms with Crippen LogP contribution in [0.15, 0.2) is 24.4 Å². The quantitative estimate of drug-likeness (QED) is 0.832. The molecule has 3 rings (SSSR count). The van der Waals surface area contributed by atoms with E-state index in [4.69, 9.17) is 5.73 Å². The van der Waals surface area contributed by atoms with Crippen LogP contribution < -0.4 is 11.1 Å². The summed E-state index contributed by atoms with van der Waals surface area (Å²) in [6.45, 7) is 3.10. The molecule has 1 aromatic heterocycles. The van der Waals surface area contributed by atoms with Crippen LogP contribution in [-0.4, -0.2) is 11.5 Å². The van der Waals surface area contributed by atoms with Crippen molar-refractivity contribution in [3.8, 4) is 0 Å². The number of benzene rings is 1. The number of halogens is 1. The topological polar surface area (TPSA) is 50.9 Å². The van der Waals surface area contributed by atoms with Crippen molar-refractivity contribution in [2.24, 2.45) is 11.8 Å². The van der Waals surface area contributed by atoms with Crippen LogP contribution in [0.2, 0.25) is 0 Å². The average molecular weight is 287 g/mol. The number of rotatable bonds is 3. The molecule has 0 aliphatic heterocycles. The lowest BCUT2D eigenvalue weighted by Crippen LogP contribution is -2.21. The summed E-state index contributed by atoms with van der Waals surface area (Å²) in [6.07, 6.45) is 6.71. The van der Waals surface area contributed by atoms with E-state index >= 15 is 0 Å². The molecule has 0 spiro atoms. The molecule has 3 nitrogen and oxygen atoms in total. The van der Waals surface area contributed by atoms with Gasteiger partial charge < -0.3 is 11.1 Å². The Morgan fingerprint density at radius 3 is 3.10 bits per heavy atom. The molecule has 1 heterocycles. The Balaban J connectivity index is 1.83. The van der Waals surface area contributed by atoms with Crippen LogP contribution in [0.25, 0.3) is 10.9 Å². The molecule has 1 aliphatic rings. The molecule has 1 fully saturated rings. The second-order valence-electron chi connectivity index (χ2n) is 6.24. The normalized spacial score (nSPS) is 22.4. The maximum atomic E-state index is 14.2. The van der Waals surface area contributed by atoms with Crippen molar-refractivity contribution in [3.05, 3.63) is 30.2 Å². The van der Waals surface area contributed by atoms with Crippen molar-refractivity contribution in [2.45, 2.75) is 32.6 Å². The average Bonchev–Trinajstić information content (AvgIpc) is 2.47. The van der Waals surface area contributed by atoms with Gasteiger partial charge in [0.1, 0.15) is 0 Å². The van der Waals surface area contributed by atoms with Gasteiger partial charge in [0.25, 0.3) is 0 Å². The van der Waals surface area contributed by atoms with E-state index in [0.29, 0.717) is 22.8 Å². The van der Waals surface area contributed by atoms with Gasteiger partial charge in [-0.2, -0.15) is 0 Å². The summed E-state index contributed by atoms with van der Waals surface area (Å²) in [5, 5.41) is 4.08. The lowest BCUT2D eigenvalue weighted by molar-refractivity contribution is 0.293. The van der Waals surface area contributed by atoms with Crippen molar-refractivity contribution in [3.63, 3.8) is 0 Å². The van der Waals surface area contributed by atoms with Crippen molar-refractivity contribution in [1.29, 1.82) is 0 Å². The van der Waals surface area contributed by atoms with Gasteiger partial charge in [0.05, 0.1) is 11.2 Å². The highest BCUT2D eigenvalue weighted by Gasteiger charge is 2.20. The maximum Gasteiger partial charge on any atom is 0.150 e. The summed E-state index contributed by atoms with van der Waals surface area (Å²) in [7, 11) is 0. The monoisotopic (exact) mass is 287 g/mol. The largest absolute Gasteiger partial charge is 0.398 e. The number of nitrogens with two attached hydrogens (primary N) is 1. The minimum absolute atomic E-state index is 0.317. The van der Waals surface area contributed by atoms with Gasteiger partial charge in [0, 0.05) is 23.8 Å². The molecule has 2 aromatic rings. The first-order valence-electron chi connectivity index (χ1n) is 7.71. The third-order valence-corrected chi connectivity index (χ3v) is 4.49. The second-order valence-corrected chi connectivity index (χ2v) is 6.24. The molecule has 2 atom stereocenters. The lowest BCUT2D eigenvalue weighted by atomic mass is 9.82. The zero-order chi connectivity index (χ0) is 14.8. The van der Waals surface area contributed by atoms with E-state index < -0.39 is 0 Å². The molecular formula is C17H22FN3. The summed E-state index contributed by atoms with van der Waals surface area (Å²) in [4.78, 5) is 4.30. The Morgan fingerprint density at radius 2 is 2.29 bits per heavy atom. The van der Waals surface area contributed by atoms with Crippen molar-refractivity contribution < 1.29 is 4.39 Å². The number of nitrogens with one attached hydrogen (secondary N) is 1. The Hall–Kier alpha value is -1.84. The molecule has 0 bridgehead atoms. The van der Waals surface area contributed by atoms with Gasteiger partial charge in [-0.05, 0) is 42.9 Å². The van der Waals surface area contributed by atoms with Crippen molar-refractivity contribution in [2.75, 3.05) is 17.6 Å². The molecular weight excluding hydrogens is 265 g/mol. The van der Waals surface area contributed by atoms with Crippen LogP contribution in [0.4, 0.5) is 15.8 Å². The van der Waals surface area contributed by atoms with Gasteiger partial charge in [-0.15, -0.1) is 0 Å². The highest BCUT2D eigenvalue weighted by atomic mass is 19.1. The zero-order valence-electron chi connectivity index (χ0n) is 12.4. The van der Waals surface area contributed by atoms with Crippen molar-refractivity contribution >= 4 is 22.3 Å². The van der Waals surface area contributed by atoms with Crippen molar-refractivity contribution in [1.82, 2.24) is 4.98 Å². The number of nitrogen functional groups attached to an aromatic ring is 1. The number of anilines is 2. The SMILES string of the molecule is CC1CCCC(CNc2c(F)cc(N)c3cccnc23)C1. The summed E-state index contributed by atoms with van der Waals surface area (Å²) in [6, 6.07) is 5.09. The van der Waals surface area contributed by atoms with Crippen LogP contribution in [-0.2, 0) is 0 Å². The molecule has 1 aromatic carbocycles. The summed E-state index contributed by atoms with van der Waals surface area (Å²) >= 11 is 0. The van der Waals surface area contributed by atoms with Gasteiger partial charge in [-0.25, -0.2) is 4.39 Å². The van der Waals surface area contributed by atoms with E-state index in [9.17, 15) is 4.39 Å². The smallest absolute Gasteiger partial charge is 0.150 e. The van der Waals surface area contributed by atoms with E-state index in [1.807, 2.05) is 12.1 Å². The van der Waals surface area contributed by atoms with Crippen LogP contribution in [0.3, 0.4) is 0 Å². The van der Waals surface area contributed by atoms with Crippen LogP contribution in [0, 0.1) is 17.7 Å². The Labute approximate surface area is 124 Å². The molecule has 0 amide bonds. The van der Waals surface area contributed by atoms with E-state index in [-0.39, 0.29) is 5.82 Å². The number of aromatic nitrogens is 1. The third-order valence-electron chi connectivity index (χ3n) is 4.49. The molecule has 0 radical (unpaired) electrons. The molecule has 21 heavy (non-hydrogen) atoms. The first-order valence-corrected chi connectivity index (χ1v) is 7.71. The van der Waals surface area contributed by atoms with Gasteiger partial charge in [-0.1, -0.05) is 19.8 Å². The molecule has 1 saturated carbocycles. The predicted octanol–water partition coefficient (Wildman–Crippen LogP) is 4.19. The minimum Gasteiger partial charge on any atom is -0.398 e. The minimum atomic E-state index is -0.317. The third kappa shape index (κ3) is 2.94.